The molecule has 5 heteroatoms. The first-order chi connectivity index (χ1) is 11.7. The van der Waals surface area contributed by atoms with Gasteiger partial charge in [-0.05, 0) is 43.5 Å². The minimum atomic E-state index is -0.0109. The average molecular weight is 325 g/mol. The van der Waals surface area contributed by atoms with Crippen LogP contribution in [-0.2, 0) is 0 Å². The van der Waals surface area contributed by atoms with Crippen molar-refractivity contribution < 1.29 is 9.53 Å². The highest BCUT2D eigenvalue weighted by Crippen LogP contribution is 2.32. The lowest BCUT2D eigenvalue weighted by Crippen LogP contribution is -2.35. The highest BCUT2D eigenvalue weighted by atomic mass is 16.5. The standard InChI is InChI=1S/C19H23N3O2/c1-14-20-12-11-17(21-14)19(23)22-13-5-3-4-6-18(22)15-7-9-16(24-2)10-8-15/h7-12,18H,3-6,13H2,1-2H3/t18-/m0/s1. The lowest BCUT2D eigenvalue weighted by atomic mass is 10.0. The minimum Gasteiger partial charge on any atom is -0.497 e. The zero-order valence-electron chi connectivity index (χ0n) is 14.2. The number of carbonyl (C=O) groups is 1. The molecule has 0 radical (unpaired) electrons. The number of methoxy groups -OCH3 is 1. The number of hydrogen-bond donors (Lipinski definition) is 0. The van der Waals surface area contributed by atoms with Gasteiger partial charge < -0.3 is 9.64 Å². The summed E-state index contributed by atoms with van der Waals surface area (Å²) >= 11 is 0. The molecule has 0 saturated carbocycles. The third kappa shape index (κ3) is 3.55. The Hall–Kier alpha value is -2.43. The molecule has 1 aromatic heterocycles. The zero-order chi connectivity index (χ0) is 16.9. The fourth-order valence-corrected chi connectivity index (χ4v) is 3.25. The van der Waals surface area contributed by atoms with E-state index in [0.29, 0.717) is 11.5 Å². The Morgan fingerprint density at radius 2 is 1.96 bits per heavy atom. The number of amides is 1. The summed E-state index contributed by atoms with van der Waals surface area (Å²) in [5.74, 6) is 1.44. The average Bonchev–Trinajstić information content (AvgIpc) is 2.87. The molecule has 0 aliphatic carbocycles. The monoisotopic (exact) mass is 325 g/mol. The number of aromatic nitrogens is 2. The highest BCUT2D eigenvalue weighted by molar-refractivity contribution is 5.92. The number of ether oxygens (including phenoxy) is 1. The van der Waals surface area contributed by atoms with E-state index < -0.39 is 0 Å². The quantitative estimate of drug-likeness (QED) is 0.866. The number of benzene rings is 1. The van der Waals surface area contributed by atoms with Crippen molar-refractivity contribution in [2.24, 2.45) is 0 Å². The Morgan fingerprint density at radius 3 is 2.67 bits per heavy atom. The number of likely N-dealkylation sites (tertiary alicyclic amines) is 1. The highest BCUT2D eigenvalue weighted by Gasteiger charge is 2.28. The first kappa shape index (κ1) is 16.4. The third-order valence-electron chi connectivity index (χ3n) is 4.51. The van der Waals surface area contributed by atoms with E-state index in [0.717, 1.165) is 43.5 Å². The molecule has 1 aliphatic heterocycles. The van der Waals surface area contributed by atoms with E-state index in [1.54, 1.807) is 26.3 Å². The summed E-state index contributed by atoms with van der Waals surface area (Å²) in [6.07, 6.45) is 5.93. The van der Waals surface area contributed by atoms with E-state index in [-0.39, 0.29) is 11.9 Å². The number of carbonyl (C=O) groups excluding carboxylic acids is 1. The molecule has 0 bridgehead atoms. The van der Waals surface area contributed by atoms with Crippen molar-refractivity contribution in [2.45, 2.75) is 38.6 Å². The Balaban J connectivity index is 1.90. The smallest absolute Gasteiger partial charge is 0.273 e. The summed E-state index contributed by atoms with van der Waals surface area (Å²) in [6, 6.07) is 9.81. The third-order valence-corrected chi connectivity index (χ3v) is 4.51. The molecule has 1 atom stereocenters. The van der Waals surface area contributed by atoms with Crippen molar-refractivity contribution >= 4 is 5.91 Å². The van der Waals surface area contributed by atoms with E-state index >= 15 is 0 Å². The van der Waals surface area contributed by atoms with E-state index in [1.165, 1.54) is 0 Å². The first-order valence-electron chi connectivity index (χ1n) is 8.43. The second-order valence-corrected chi connectivity index (χ2v) is 6.13. The van der Waals surface area contributed by atoms with E-state index in [1.807, 2.05) is 17.0 Å². The Kier molecular flexibility index (Phi) is 5.08. The topological polar surface area (TPSA) is 55.3 Å². The van der Waals surface area contributed by atoms with Crippen LogP contribution in [0, 0.1) is 6.92 Å². The van der Waals surface area contributed by atoms with E-state index in [4.69, 9.17) is 4.74 Å². The van der Waals surface area contributed by atoms with Gasteiger partial charge in [-0.3, -0.25) is 4.79 Å². The maximum absolute atomic E-state index is 13.0. The number of hydrogen-bond acceptors (Lipinski definition) is 4. The summed E-state index contributed by atoms with van der Waals surface area (Å²) in [4.78, 5) is 23.4. The van der Waals surface area contributed by atoms with Crippen molar-refractivity contribution in [3.8, 4) is 5.75 Å². The predicted octanol–water partition coefficient (Wildman–Crippen LogP) is 3.55. The molecular weight excluding hydrogens is 302 g/mol. The van der Waals surface area contributed by atoms with Crippen molar-refractivity contribution in [1.29, 1.82) is 0 Å². The second-order valence-electron chi connectivity index (χ2n) is 6.13. The SMILES string of the molecule is COc1ccc([C@@H]2CCCCCN2C(=O)c2ccnc(C)n2)cc1. The summed E-state index contributed by atoms with van der Waals surface area (Å²) in [6.45, 7) is 2.57. The van der Waals surface area contributed by atoms with Gasteiger partial charge in [0, 0.05) is 12.7 Å². The van der Waals surface area contributed by atoms with Gasteiger partial charge in [0.2, 0.25) is 0 Å². The van der Waals surface area contributed by atoms with Gasteiger partial charge in [-0.1, -0.05) is 25.0 Å². The molecule has 126 valence electrons. The maximum Gasteiger partial charge on any atom is 0.273 e. The largest absolute Gasteiger partial charge is 0.497 e. The summed E-state index contributed by atoms with van der Waals surface area (Å²) in [5, 5.41) is 0. The molecule has 1 amide bonds. The minimum absolute atomic E-state index is 0.0109. The molecule has 5 nitrogen and oxygen atoms in total. The molecule has 0 spiro atoms. The summed E-state index contributed by atoms with van der Waals surface area (Å²) in [5.41, 5.74) is 1.62. The van der Waals surface area contributed by atoms with Crippen LogP contribution in [0.2, 0.25) is 0 Å². The fraction of sp³-hybridized carbons (Fsp3) is 0.421. The molecular formula is C19H23N3O2. The summed E-state index contributed by atoms with van der Waals surface area (Å²) < 4.78 is 5.24. The molecule has 2 heterocycles. The Morgan fingerprint density at radius 1 is 1.17 bits per heavy atom. The van der Waals surface area contributed by atoms with Crippen LogP contribution in [0.1, 0.15) is 53.6 Å². The first-order valence-corrected chi connectivity index (χ1v) is 8.43. The molecule has 1 aromatic carbocycles. The van der Waals surface area contributed by atoms with E-state index in [9.17, 15) is 4.79 Å². The predicted molar refractivity (Wildman–Crippen MR) is 92.0 cm³/mol. The summed E-state index contributed by atoms with van der Waals surface area (Å²) in [7, 11) is 1.66. The van der Waals surface area contributed by atoms with Gasteiger partial charge in [-0.25, -0.2) is 9.97 Å². The zero-order valence-corrected chi connectivity index (χ0v) is 14.2. The van der Waals surface area contributed by atoms with Gasteiger partial charge in [0.15, 0.2) is 0 Å². The maximum atomic E-state index is 13.0. The van der Waals surface area contributed by atoms with Crippen LogP contribution in [-0.4, -0.2) is 34.4 Å². The molecule has 3 rings (SSSR count). The van der Waals surface area contributed by atoms with Crippen LogP contribution < -0.4 is 4.74 Å². The van der Waals surface area contributed by atoms with Crippen molar-refractivity contribution in [3.63, 3.8) is 0 Å². The van der Waals surface area contributed by atoms with Crippen LogP contribution in [0.25, 0.3) is 0 Å². The molecule has 1 saturated heterocycles. The lowest BCUT2D eigenvalue weighted by molar-refractivity contribution is 0.0674. The van der Waals surface area contributed by atoms with Crippen molar-refractivity contribution in [2.75, 3.05) is 13.7 Å². The molecule has 1 fully saturated rings. The van der Waals surface area contributed by atoms with Gasteiger partial charge in [0.05, 0.1) is 13.2 Å². The molecule has 24 heavy (non-hydrogen) atoms. The van der Waals surface area contributed by atoms with Gasteiger partial charge in [0.1, 0.15) is 17.3 Å². The van der Waals surface area contributed by atoms with Crippen LogP contribution in [0.4, 0.5) is 0 Å². The van der Waals surface area contributed by atoms with Gasteiger partial charge in [0.25, 0.3) is 5.91 Å². The number of aryl methyl sites for hydroxylation is 1. The van der Waals surface area contributed by atoms with Gasteiger partial charge in [-0.2, -0.15) is 0 Å². The van der Waals surface area contributed by atoms with Gasteiger partial charge in [-0.15, -0.1) is 0 Å². The second kappa shape index (κ2) is 7.43. The van der Waals surface area contributed by atoms with Crippen molar-refractivity contribution in [1.82, 2.24) is 14.9 Å². The Labute approximate surface area is 142 Å². The molecule has 0 N–H and O–H groups in total. The number of nitrogens with zero attached hydrogens (tertiary/aromatic N) is 3. The van der Waals surface area contributed by atoms with Crippen LogP contribution in [0.5, 0.6) is 5.75 Å². The normalized spacial score (nSPS) is 18.1. The molecule has 2 aromatic rings. The van der Waals surface area contributed by atoms with Gasteiger partial charge >= 0.3 is 0 Å². The Bertz CT molecular complexity index is 700. The molecule has 1 aliphatic rings. The van der Waals surface area contributed by atoms with Crippen molar-refractivity contribution in [3.05, 3.63) is 53.6 Å². The fourth-order valence-electron chi connectivity index (χ4n) is 3.25. The lowest BCUT2D eigenvalue weighted by Gasteiger charge is -2.30. The number of rotatable bonds is 3. The van der Waals surface area contributed by atoms with E-state index in [2.05, 4.69) is 22.1 Å². The molecule has 0 unspecified atom stereocenters. The van der Waals surface area contributed by atoms with Crippen LogP contribution in [0.3, 0.4) is 0 Å². The van der Waals surface area contributed by atoms with Crippen LogP contribution in [0.15, 0.2) is 36.5 Å². The van der Waals surface area contributed by atoms with Crippen LogP contribution >= 0.6 is 0 Å².